The largest absolute Gasteiger partial charge is 0.389 e. The Bertz CT molecular complexity index is 956. The first-order valence-electron chi connectivity index (χ1n) is 9.80. The number of aliphatic hydroxyl groups is 1. The maximum Gasteiger partial charge on any atom is 0.274 e. The highest BCUT2D eigenvalue weighted by atomic mass is 35.5. The number of carbonyl (C=O) groups excluding carboxylic acids is 1. The van der Waals surface area contributed by atoms with Gasteiger partial charge in [0.25, 0.3) is 5.91 Å². The van der Waals surface area contributed by atoms with Crippen LogP contribution in [0.3, 0.4) is 0 Å². The fourth-order valence-electron chi connectivity index (χ4n) is 5.17. The van der Waals surface area contributed by atoms with E-state index in [4.69, 9.17) is 11.6 Å². The standard InChI is InChI=1S/C20H24ClFN3O4P/c1-25-10-23-17(18(25)19(26)24-14-2-3-16(22)15(21)6-14)11-4-12-7-20(27,9-30(28)29)8-13(12)5-11/h2-3,6,10-13,27-29H,4-5,7-9H2,1H3,(H,24,26). The molecule has 1 amide bonds. The first-order chi connectivity index (χ1) is 14.1. The fourth-order valence-corrected chi connectivity index (χ4v) is 6.14. The molecule has 7 nitrogen and oxygen atoms in total. The lowest BCUT2D eigenvalue weighted by Crippen LogP contribution is -2.29. The van der Waals surface area contributed by atoms with Crippen molar-refractivity contribution in [2.24, 2.45) is 18.9 Å². The van der Waals surface area contributed by atoms with Crippen LogP contribution < -0.4 is 5.32 Å². The first-order valence-corrected chi connectivity index (χ1v) is 11.6. The second kappa shape index (κ2) is 8.17. The van der Waals surface area contributed by atoms with Crippen LogP contribution in [0.5, 0.6) is 0 Å². The zero-order valence-corrected chi connectivity index (χ0v) is 18.1. The lowest BCUT2D eigenvalue weighted by molar-refractivity contribution is 0.0588. The molecule has 4 N–H and O–H groups in total. The molecular formula is C20H24ClFN3O4P. The van der Waals surface area contributed by atoms with Gasteiger partial charge in [0.2, 0.25) is 0 Å². The van der Waals surface area contributed by atoms with Crippen molar-refractivity contribution < 1.29 is 24.1 Å². The molecule has 30 heavy (non-hydrogen) atoms. The van der Waals surface area contributed by atoms with Crippen molar-refractivity contribution >= 4 is 31.6 Å². The molecular weight excluding hydrogens is 432 g/mol. The summed E-state index contributed by atoms with van der Waals surface area (Å²) in [5.74, 6) is -0.267. The number of hydrogen-bond donors (Lipinski definition) is 4. The Hall–Kier alpha value is -1.57. The van der Waals surface area contributed by atoms with E-state index in [-0.39, 0.29) is 34.8 Å². The third-order valence-electron chi connectivity index (χ3n) is 6.31. The van der Waals surface area contributed by atoms with Gasteiger partial charge in [0.15, 0.2) is 8.38 Å². The molecule has 1 heterocycles. The van der Waals surface area contributed by atoms with Gasteiger partial charge in [0.1, 0.15) is 11.5 Å². The second-order valence-corrected chi connectivity index (χ2v) is 9.99. The smallest absolute Gasteiger partial charge is 0.274 e. The highest BCUT2D eigenvalue weighted by Gasteiger charge is 2.50. The molecule has 2 atom stereocenters. The van der Waals surface area contributed by atoms with E-state index < -0.39 is 19.8 Å². The lowest BCUT2D eigenvalue weighted by atomic mass is 9.93. The summed E-state index contributed by atoms with van der Waals surface area (Å²) in [4.78, 5) is 36.0. The molecule has 2 fully saturated rings. The molecule has 4 rings (SSSR count). The molecule has 2 aliphatic carbocycles. The molecule has 0 radical (unpaired) electrons. The van der Waals surface area contributed by atoms with Gasteiger partial charge in [-0.3, -0.25) is 4.79 Å². The van der Waals surface area contributed by atoms with Gasteiger partial charge in [0, 0.05) is 24.8 Å². The topological polar surface area (TPSA) is 108 Å². The molecule has 2 unspecified atom stereocenters. The number of benzene rings is 1. The van der Waals surface area contributed by atoms with Crippen molar-refractivity contribution in [2.45, 2.75) is 37.2 Å². The summed E-state index contributed by atoms with van der Waals surface area (Å²) in [7, 11) is -0.373. The Labute approximate surface area is 179 Å². The molecule has 2 saturated carbocycles. The summed E-state index contributed by atoms with van der Waals surface area (Å²) in [5.41, 5.74) is 0.552. The van der Waals surface area contributed by atoms with Gasteiger partial charge in [0.05, 0.1) is 22.6 Å². The number of anilines is 1. The molecule has 0 aliphatic heterocycles. The first kappa shape index (κ1) is 21.7. The third-order valence-corrected chi connectivity index (χ3v) is 7.47. The van der Waals surface area contributed by atoms with Crippen LogP contribution in [-0.4, -0.2) is 42.1 Å². The lowest BCUT2D eigenvalue weighted by Gasteiger charge is -2.24. The minimum Gasteiger partial charge on any atom is -0.389 e. The highest BCUT2D eigenvalue weighted by molar-refractivity contribution is 7.45. The average Bonchev–Trinajstić information content (AvgIpc) is 3.28. The van der Waals surface area contributed by atoms with Crippen molar-refractivity contribution in [3.63, 3.8) is 0 Å². The van der Waals surface area contributed by atoms with Crippen LogP contribution in [0.4, 0.5) is 10.1 Å². The maximum atomic E-state index is 13.4. The van der Waals surface area contributed by atoms with Crippen molar-refractivity contribution in [2.75, 3.05) is 11.5 Å². The van der Waals surface area contributed by atoms with E-state index in [1.807, 2.05) is 0 Å². The van der Waals surface area contributed by atoms with Crippen LogP contribution in [0, 0.1) is 17.7 Å². The van der Waals surface area contributed by atoms with Crippen LogP contribution in [0.2, 0.25) is 5.02 Å². The number of amides is 1. The Morgan fingerprint density at radius 2 is 2.03 bits per heavy atom. The quantitative estimate of drug-likeness (QED) is 0.517. The van der Waals surface area contributed by atoms with Crippen LogP contribution in [-0.2, 0) is 7.05 Å². The van der Waals surface area contributed by atoms with Crippen LogP contribution in [0.25, 0.3) is 0 Å². The Kier molecular flexibility index (Phi) is 5.90. The second-order valence-electron chi connectivity index (χ2n) is 8.52. The SMILES string of the molecule is Cn1cnc(C2CC3CC(O)(CP(O)O)CC3C2)c1C(=O)Nc1ccc(F)c(Cl)c1. The molecule has 162 valence electrons. The van der Waals surface area contributed by atoms with Gasteiger partial charge in [-0.2, -0.15) is 0 Å². The summed E-state index contributed by atoms with van der Waals surface area (Å²) in [5, 5.41) is 13.3. The maximum absolute atomic E-state index is 13.4. The molecule has 0 saturated heterocycles. The van der Waals surface area contributed by atoms with Crippen molar-refractivity contribution in [3.8, 4) is 0 Å². The number of halogens is 2. The van der Waals surface area contributed by atoms with Crippen molar-refractivity contribution in [1.29, 1.82) is 0 Å². The number of nitrogens with zero attached hydrogens (tertiary/aromatic N) is 2. The van der Waals surface area contributed by atoms with Gasteiger partial charge < -0.3 is 24.8 Å². The predicted molar refractivity (Wildman–Crippen MR) is 112 cm³/mol. The highest BCUT2D eigenvalue weighted by Crippen LogP contribution is 2.55. The third kappa shape index (κ3) is 4.25. The molecule has 1 aromatic carbocycles. The van der Waals surface area contributed by atoms with Crippen molar-refractivity contribution in [3.05, 3.63) is 46.8 Å². The number of aromatic nitrogens is 2. The average molecular weight is 456 g/mol. The van der Waals surface area contributed by atoms with E-state index in [2.05, 4.69) is 10.3 Å². The molecule has 2 aromatic rings. The minimum absolute atomic E-state index is 0.0253. The van der Waals surface area contributed by atoms with Gasteiger partial charge in [-0.15, -0.1) is 0 Å². The van der Waals surface area contributed by atoms with Crippen LogP contribution in [0.1, 0.15) is 47.8 Å². The van der Waals surface area contributed by atoms with E-state index in [1.165, 1.54) is 18.2 Å². The normalized spacial score (nSPS) is 28.2. The van der Waals surface area contributed by atoms with Crippen LogP contribution in [0.15, 0.2) is 24.5 Å². The Morgan fingerprint density at radius 1 is 1.37 bits per heavy atom. The Morgan fingerprint density at radius 3 is 2.63 bits per heavy atom. The summed E-state index contributed by atoms with van der Waals surface area (Å²) < 4.78 is 15.0. The summed E-state index contributed by atoms with van der Waals surface area (Å²) in [6, 6.07) is 4.02. The van der Waals surface area contributed by atoms with Crippen molar-refractivity contribution in [1.82, 2.24) is 9.55 Å². The number of carbonyl (C=O) groups is 1. The number of fused-ring (bicyclic) bond motifs is 1. The minimum atomic E-state index is -2.12. The van der Waals surface area contributed by atoms with Gasteiger partial charge in [-0.1, -0.05) is 11.6 Å². The number of aryl methyl sites for hydroxylation is 1. The zero-order chi connectivity index (χ0) is 21.6. The molecule has 1 aromatic heterocycles. The van der Waals surface area contributed by atoms with Gasteiger partial charge in [-0.05, 0) is 55.7 Å². The number of imidazole rings is 1. The zero-order valence-electron chi connectivity index (χ0n) is 16.4. The van der Waals surface area contributed by atoms with E-state index in [0.717, 1.165) is 12.8 Å². The Balaban J connectivity index is 1.49. The van der Waals surface area contributed by atoms with Crippen LogP contribution >= 0.6 is 20.0 Å². The van der Waals surface area contributed by atoms with E-state index in [1.54, 1.807) is 17.9 Å². The molecule has 0 spiro atoms. The van der Waals surface area contributed by atoms with E-state index in [0.29, 0.717) is 29.9 Å². The number of hydrogen-bond acceptors (Lipinski definition) is 5. The fraction of sp³-hybridized carbons (Fsp3) is 0.500. The predicted octanol–water partition coefficient (Wildman–Crippen LogP) is 3.40. The summed E-state index contributed by atoms with van der Waals surface area (Å²) in [6.07, 6.45) is 4.30. The molecule has 2 aliphatic rings. The molecule has 10 heteroatoms. The molecule has 0 bridgehead atoms. The van der Waals surface area contributed by atoms with Gasteiger partial charge in [-0.25, -0.2) is 9.37 Å². The number of nitrogens with one attached hydrogen (secondary N) is 1. The van der Waals surface area contributed by atoms with Gasteiger partial charge >= 0.3 is 0 Å². The van der Waals surface area contributed by atoms with E-state index >= 15 is 0 Å². The number of rotatable bonds is 5. The van der Waals surface area contributed by atoms with E-state index in [9.17, 15) is 24.1 Å². The summed E-state index contributed by atoms with van der Waals surface area (Å²) >= 11 is 5.80. The monoisotopic (exact) mass is 455 g/mol. The summed E-state index contributed by atoms with van der Waals surface area (Å²) in [6.45, 7) is 0.